The average molecular weight is 332 g/mol. The summed E-state index contributed by atoms with van der Waals surface area (Å²) in [7, 11) is 0. The molecule has 0 bridgehead atoms. The van der Waals surface area contributed by atoms with Gasteiger partial charge in [-0.15, -0.1) is 11.3 Å². The largest absolute Gasteiger partial charge is 0.481 e. The molecule has 2 atom stereocenters. The molecule has 1 aliphatic rings. The fourth-order valence-corrected chi connectivity index (χ4v) is 3.62. The Labute approximate surface area is 136 Å². The van der Waals surface area contributed by atoms with Gasteiger partial charge < -0.3 is 10.4 Å². The van der Waals surface area contributed by atoms with E-state index < -0.39 is 5.97 Å². The van der Waals surface area contributed by atoms with Gasteiger partial charge >= 0.3 is 5.97 Å². The van der Waals surface area contributed by atoms with Gasteiger partial charge in [0, 0.05) is 18.4 Å². The van der Waals surface area contributed by atoms with Crippen molar-refractivity contribution in [3.63, 3.8) is 0 Å². The first-order valence-electron chi connectivity index (χ1n) is 7.33. The number of aromatic nitrogens is 3. The number of amides is 1. The molecule has 8 heteroatoms. The van der Waals surface area contributed by atoms with Crippen LogP contribution in [0.3, 0.4) is 0 Å². The number of carbonyl (C=O) groups is 2. The Morgan fingerprint density at radius 1 is 1.30 bits per heavy atom. The van der Waals surface area contributed by atoms with Crippen molar-refractivity contribution in [3.8, 4) is 10.8 Å². The standard InChI is InChI=1S/C15H16N4O3S/c1-8-11(23-14(18-8)12-16-5-2-6-17-12)13(20)19-10-4-3-9(7-10)15(21)22/h2,5-6,9-10H,3-4,7H2,1H3,(H,19,20)(H,21,22)/t9-,10+/m0/s1. The molecule has 7 nitrogen and oxygen atoms in total. The van der Waals surface area contributed by atoms with Crippen molar-refractivity contribution in [1.29, 1.82) is 0 Å². The van der Waals surface area contributed by atoms with E-state index >= 15 is 0 Å². The lowest BCUT2D eigenvalue weighted by molar-refractivity contribution is -0.141. The van der Waals surface area contributed by atoms with E-state index in [4.69, 9.17) is 5.11 Å². The van der Waals surface area contributed by atoms with Gasteiger partial charge in [-0.3, -0.25) is 9.59 Å². The van der Waals surface area contributed by atoms with Crippen molar-refractivity contribution < 1.29 is 14.7 Å². The van der Waals surface area contributed by atoms with Crippen LogP contribution in [0.5, 0.6) is 0 Å². The van der Waals surface area contributed by atoms with Gasteiger partial charge in [-0.05, 0) is 32.3 Å². The Morgan fingerprint density at radius 3 is 2.70 bits per heavy atom. The van der Waals surface area contributed by atoms with Gasteiger partial charge in [0.05, 0.1) is 11.6 Å². The van der Waals surface area contributed by atoms with Crippen LogP contribution < -0.4 is 5.32 Å². The maximum absolute atomic E-state index is 12.4. The number of aliphatic carboxylic acids is 1. The van der Waals surface area contributed by atoms with Crippen LogP contribution >= 0.6 is 11.3 Å². The van der Waals surface area contributed by atoms with E-state index in [1.807, 2.05) is 0 Å². The molecular formula is C15H16N4O3S. The van der Waals surface area contributed by atoms with Crippen LogP contribution in [-0.2, 0) is 4.79 Å². The Morgan fingerprint density at radius 2 is 2.04 bits per heavy atom. The Kier molecular flexibility index (Phi) is 4.33. The molecule has 0 spiro atoms. The van der Waals surface area contributed by atoms with Gasteiger partial charge in [0.25, 0.3) is 5.91 Å². The smallest absolute Gasteiger partial charge is 0.306 e. The number of carboxylic acids is 1. The predicted octanol–water partition coefficient (Wildman–Crippen LogP) is 1.89. The Hall–Kier alpha value is -2.35. The van der Waals surface area contributed by atoms with Crippen LogP contribution in [0.2, 0.25) is 0 Å². The molecule has 1 fully saturated rings. The molecule has 23 heavy (non-hydrogen) atoms. The normalized spacial score (nSPS) is 20.4. The van der Waals surface area contributed by atoms with Crippen molar-refractivity contribution in [2.75, 3.05) is 0 Å². The molecule has 1 aliphatic carbocycles. The van der Waals surface area contributed by atoms with Gasteiger partial charge in [-0.2, -0.15) is 0 Å². The lowest BCUT2D eigenvalue weighted by Crippen LogP contribution is -2.33. The second kappa shape index (κ2) is 6.41. The molecule has 2 aromatic heterocycles. The summed E-state index contributed by atoms with van der Waals surface area (Å²) in [6.45, 7) is 1.77. The molecule has 2 aromatic rings. The molecule has 0 aliphatic heterocycles. The highest BCUT2D eigenvalue weighted by molar-refractivity contribution is 7.17. The Bertz CT molecular complexity index is 732. The first-order valence-corrected chi connectivity index (χ1v) is 8.14. The van der Waals surface area contributed by atoms with Crippen LogP contribution in [0, 0.1) is 12.8 Å². The highest BCUT2D eigenvalue weighted by Gasteiger charge is 2.31. The average Bonchev–Trinajstić information content (AvgIpc) is 3.15. The summed E-state index contributed by atoms with van der Waals surface area (Å²) in [5.74, 6) is -0.875. The summed E-state index contributed by atoms with van der Waals surface area (Å²) in [5.41, 5.74) is 0.628. The molecular weight excluding hydrogens is 316 g/mol. The van der Waals surface area contributed by atoms with Crippen molar-refractivity contribution in [3.05, 3.63) is 29.0 Å². The second-order valence-electron chi connectivity index (χ2n) is 5.52. The number of carbonyl (C=O) groups excluding carboxylic acids is 1. The topological polar surface area (TPSA) is 105 Å². The summed E-state index contributed by atoms with van der Waals surface area (Å²) in [6, 6.07) is 1.62. The maximum Gasteiger partial charge on any atom is 0.306 e. The predicted molar refractivity (Wildman–Crippen MR) is 84.1 cm³/mol. The molecule has 0 unspecified atom stereocenters. The van der Waals surface area contributed by atoms with Crippen LogP contribution in [0.1, 0.15) is 34.6 Å². The van der Waals surface area contributed by atoms with Crippen LogP contribution in [0.15, 0.2) is 18.5 Å². The zero-order valence-electron chi connectivity index (χ0n) is 12.5. The lowest BCUT2D eigenvalue weighted by atomic mass is 10.1. The number of thiazole rings is 1. The maximum atomic E-state index is 12.4. The van der Waals surface area contributed by atoms with E-state index in [1.54, 1.807) is 25.4 Å². The number of nitrogens with one attached hydrogen (secondary N) is 1. The van der Waals surface area contributed by atoms with Gasteiger partial charge in [0.15, 0.2) is 10.8 Å². The number of aryl methyl sites for hydroxylation is 1. The fourth-order valence-electron chi connectivity index (χ4n) is 2.70. The summed E-state index contributed by atoms with van der Waals surface area (Å²) in [4.78, 5) is 36.5. The minimum atomic E-state index is -0.792. The molecule has 0 aromatic carbocycles. The van der Waals surface area contributed by atoms with Crippen LogP contribution in [-0.4, -0.2) is 38.0 Å². The molecule has 120 valence electrons. The van der Waals surface area contributed by atoms with Crippen LogP contribution in [0.4, 0.5) is 0 Å². The third kappa shape index (κ3) is 3.37. The fraction of sp³-hybridized carbons (Fsp3) is 0.400. The number of hydrogen-bond acceptors (Lipinski definition) is 6. The summed E-state index contributed by atoms with van der Waals surface area (Å²) in [5, 5.41) is 12.5. The van der Waals surface area contributed by atoms with Crippen molar-refractivity contribution >= 4 is 23.2 Å². The minimum absolute atomic E-state index is 0.0958. The van der Waals surface area contributed by atoms with E-state index in [-0.39, 0.29) is 17.9 Å². The first-order chi connectivity index (χ1) is 11.0. The molecule has 1 amide bonds. The highest BCUT2D eigenvalue weighted by Crippen LogP contribution is 2.28. The molecule has 2 N–H and O–H groups in total. The lowest BCUT2D eigenvalue weighted by Gasteiger charge is -2.11. The molecule has 2 heterocycles. The van der Waals surface area contributed by atoms with Crippen molar-refractivity contribution in [1.82, 2.24) is 20.3 Å². The first kappa shape index (κ1) is 15.5. The third-order valence-corrected chi connectivity index (χ3v) is 5.03. The summed E-state index contributed by atoms with van der Waals surface area (Å²) >= 11 is 1.25. The zero-order chi connectivity index (χ0) is 16.4. The molecule has 0 radical (unpaired) electrons. The van der Waals surface area contributed by atoms with Gasteiger partial charge in [0.2, 0.25) is 0 Å². The monoisotopic (exact) mass is 332 g/mol. The third-order valence-electron chi connectivity index (χ3n) is 3.88. The number of nitrogens with zero attached hydrogens (tertiary/aromatic N) is 3. The zero-order valence-corrected chi connectivity index (χ0v) is 13.3. The van der Waals surface area contributed by atoms with E-state index in [2.05, 4.69) is 20.3 Å². The second-order valence-corrected chi connectivity index (χ2v) is 6.52. The van der Waals surface area contributed by atoms with Crippen LogP contribution in [0.25, 0.3) is 10.8 Å². The van der Waals surface area contributed by atoms with E-state index in [0.717, 1.165) is 0 Å². The molecule has 3 rings (SSSR count). The molecule has 0 saturated heterocycles. The number of carboxylic acid groups (broad SMARTS) is 1. The number of rotatable bonds is 4. The number of hydrogen-bond donors (Lipinski definition) is 2. The van der Waals surface area contributed by atoms with Gasteiger partial charge in [-0.25, -0.2) is 15.0 Å². The van der Waals surface area contributed by atoms with E-state index in [1.165, 1.54) is 11.3 Å². The molecule has 1 saturated carbocycles. The highest BCUT2D eigenvalue weighted by atomic mass is 32.1. The van der Waals surface area contributed by atoms with E-state index in [9.17, 15) is 9.59 Å². The van der Waals surface area contributed by atoms with Crippen molar-refractivity contribution in [2.24, 2.45) is 5.92 Å². The quantitative estimate of drug-likeness (QED) is 0.886. The summed E-state index contributed by atoms with van der Waals surface area (Å²) < 4.78 is 0. The SMILES string of the molecule is Cc1nc(-c2ncccn2)sc1C(=O)N[C@@H]1CC[C@H](C(=O)O)C1. The summed E-state index contributed by atoms with van der Waals surface area (Å²) in [6.07, 6.45) is 5.03. The minimum Gasteiger partial charge on any atom is -0.481 e. The van der Waals surface area contributed by atoms with Crippen molar-refractivity contribution in [2.45, 2.75) is 32.2 Å². The Balaban J connectivity index is 1.71. The van der Waals surface area contributed by atoms with Gasteiger partial charge in [-0.1, -0.05) is 0 Å². The van der Waals surface area contributed by atoms with Gasteiger partial charge in [0.1, 0.15) is 4.88 Å². The van der Waals surface area contributed by atoms with E-state index in [0.29, 0.717) is 40.7 Å².